The third-order valence-corrected chi connectivity index (χ3v) is 2.60. The first-order valence-electron chi connectivity index (χ1n) is 5.62. The van der Waals surface area contributed by atoms with Crippen molar-refractivity contribution in [3.8, 4) is 5.75 Å². The second-order valence-electron chi connectivity index (χ2n) is 3.75. The van der Waals surface area contributed by atoms with E-state index < -0.39 is 0 Å². The Morgan fingerprint density at radius 1 is 1.33 bits per heavy atom. The molecule has 0 aliphatic rings. The average Bonchev–Trinajstić information content (AvgIpc) is 2.26. The first kappa shape index (κ1) is 12.1. The van der Waals surface area contributed by atoms with Crippen molar-refractivity contribution in [1.29, 1.82) is 0 Å². The standard InChI is InChI=1S/C13H21NO/c1-4-14-9-5-6-12-7-8-13(15-3)10-11(12)2/h7-8,10,14H,4-6,9H2,1-3H3. The van der Waals surface area contributed by atoms with Crippen molar-refractivity contribution in [3.05, 3.63) is 29.3 Å². The number of nitrogens with one attached hydrogen (secondary N) is 1. The van der Waals surface area contributed by atoms with Crippen molar-refractivity contribution >= 4 is 0 Å². The Bertz CT molecular complexity index is 297. The second kappa shape index (κ2) is 6.46. The highest BCUT2D eigenvalue weighted by molar-refractivity contribution is 5.34. The smallest absolute Gasteiger partial charge is 0.119 e. The lowest BCUT2D eigenvalue weighted by molar-refractivity contribution is 0.414. The summed E-state index contributed by atoms with van der Waals surface area (Å²) in [6, 6.07) is 6.30. The Hall–Kier alpha value is -1.02. The van der Waals surface area contributed by atoms with Crippen LogP contribution < -0.4 is 10.1 Å². The molecule has 1 aromatic carbocycles. The number of hydrogen-bond acceptors (Lipinski definition) is 2. The number of aryl methyl sites for hydroxylation is 2. The summed E-state index contributed by atoms with van der Waals surface area (Å²) in [5.41, 5.74) is 2.75. The fraction of sp³-hybridized carbons (Fsp3) is 0.538. The van der Waals surface area contributed by atoms with Crippen molar-refractivity contribution in [1.82, 2.24) is 5.32 Å². The van der Waals surface area contributed by atoms with Gasteiger partial charge in [0.15, 0.2) is 0 Å². The molecule has 15 heavy (non-hydrogen) atoms. The van der Waals surface area contributed by atoms with Gasteiger partial charge in [-0.15, -0.1) is 0 Å². The molecule has 0 unspecified atom stereocenters. The van der Waals surface area contributed by atoms with Gasteiger partial charge in [0.2, 0.25) is 0 Å². The molecule has 0 spiro atoms. The summed E-state index contributed by atoms with van der Waals surface area (Å²) in [6.07, 6.45) is 2.34. The van der Waals surface area contributed by atoms with Gasteiger partial charge in [0.25, 0.3) is 0 Å². The Kier molecular flexibility index (Phi) is 5.19. The molecular formula is C13H21NO. The molecular weight excluding hydrogens is 186 g/mol. The highest BCUT2D eigenvalue weighted by Crippen LogP contribution is 2.17. The summed E-state index contributed by atoms with van der Waals surface area (Å²) < 4.78 is 5.18. The minimum Gasteiger partial charge on any atom is -0.497 e. The van der Waals surface area contributed by atoms with Gasteiger partial charge in [0.05, 0.1) is 7.11 Å². The third kappa shape index (κ3) is 3.92. The van der Waals surface area contributed by atoms with E-state index in [0.717, 1.165) is 25.3 Å². The molecule has 2 heteroatoms. The first-order chi connectivity index (χ1) is 7.27. The van der Waals surface area contributed by atoms with Crippen LogP contribution in [0.2, 0.25) is 0 Å². The van der Waals surface area contributed by atoms with Gasteiger partial charge in [-0.25, -0.2) is 0 Å². The number of hydrogen-bond donors (Lipinski definition) is 1. The van der Waals surface area contributed by atoms with Crippen LogP contribution in [0.5, 0.6) is 5.75 Å². The van der Waals surface area contributed by atoms with Crippen molar-refractivity contribution in [2.45, 2.75) is 26.7 Å². The van der Waals surface area contributed by atoms with Crippen molar-refractivity contribution in [2.24, 2.45) is 0 Å². The predicted molar refractivity (Wildman–Crippen MR) is 64.6 cm³/mol. The molecule has 0 amide bonds. The third-order valence-electron chi connectivity index (χ3n) is 2.60. The molecule has 0 aliphatic heterocycles. The summed E-state index contributed by atoms with van der Waals surface area (Å²) in [6.45, 7) is 6.44. The lowest BCUT2D eigenvalue weighted by Gasteiger charge is -2.08. The second-order valence-corrected chi connectivity index (χ2v) is 3.75. The number of rotatable bonds is 6. The van der Waals surface area contributed by atoms with Gasteiger partial charge < -0.3 is 10.1 Å². The Labute approximate surface area is 92.6 Å². The van der Waals surface area contributed by atoms with Gasteiger partial charge >= 0.3 is 0 Å². The Balaban J connectivity index is 2.47. The minimum absolute atomic E-state index is 0.947. The van der Waals surface area contributed by atoms with Crippen LogP contribution in [0, 0.1) is 6.92 Å². The molecule has 0 aliphatic carbocycles. The minimum atomic E-state index is 0.947. The van der Waals surface area contributed by atoms with Crippen LogP contribution in [-0.2, 0) is 6.42 Å². The number of benzene rings is 1. The molecule has 0 heterocycles. The monoisotopic (exact) mass is 207 g/mol. The Morgan fingerprint density at radius 3 is 2.73 bits per heavy atom. The molecule has 1 rings (SSSR count). The van der Waals surface area contributed by atoms with Crippen LogP contribution >= 0.6 is 0 Å². The summed E-state index contributed by atoms with van der Waals surface area (Å²) in [5.74, 6) is 0.947. The number of ether oxygens (including phenoxy) is 1. The van der Waals surface area contributed by atoms with E-state index in [1.807, 2.05) is 6.07 Å². The lowest BCUT2D eigenvalue weighted by Crippen LogP contribution is -2.14. The van der Waals surface area contributed by atoms with Gasteiger partial charge in [-0.3, -0.25) is 0 Å². The normalized spacial score (nSPS) is 10.3. The predicted octanol–water partition coefficient (Wildman–Crippen LogP) is 2.55. The maximum atomic E-state index is 5.18. The summed E-state index contributed by atoms with van der Waals surface area (Å²) in [5, 5.41) is 3.34. The molecule has 0 atom stereocenters. The van der Waals surface area contributed by atoms with Crippen molar-refractivity contribution in [3.63, 3.8) is 0 Å². The molecule has 2 nitrogen and oxygen atoms in total. The van der Waals surface area contributed by atoms with E-state index in [9.17, 15) is 0 Å². The maximum Gasteiger partial charge on any atom is 0.119 e. The van der Waals surface area contributed by atoms with E-state index in [4.69, 9.17) is 4.74 Å². The van der Waals surface area contributed by atoms with Gasteiger partial charge in [0, 0.05) is 0 Å². The van der Waals surface area contributed by atoms with E-state index in [-0.39, 0.29) is 0 Å². The largest absolute Gasteiger partial charge is 0.497 e. The van der Waals surface area contributed by atoms with E-state index in [2.05, 4.69) is 31.3 Å². The number of methoxy groups -OCH3 is 1. The summed E-state index contributed by atoms with van der Waals surface area (Å²) >= 11 is 0. The lowest BCUT2D eigenvalue weighted by atomic mass is 10.0. The van der Waals surface area contributed by atoms with Crippen molar-refractivity contribution < 1.29 is 4.74 Å². The zero-order chi connectivity index (χ0) is 11.1. The van der Waals surface area contributed by atoms with Gasteiger partial charge in [-0.2, -0.15) is 0 Å². The van der Waals surface area contributed by atoms with Crippen LogP contribution in [-0.4, -0.2) is 20.2 Å². The molecule has 0 saturated heterocycles. The molecule has 1 aromatic rings. The molecule has 1 N–H and O–H groups in total. The quantitative estimate of drug-likeness (QED) is 0.724. The van der Waals surface area contributed by atoms with Gasteiger partial charge in [0.1, 0.15) is 5.75 Å². The van der Waals surface area contributed by atoms with Crippen LogP contribution in [0.1, 0.15) is 24.5 Å². The summed E-state index contributed by atoms with van der Waals surface area (Å²) in [7, 11) is 1.71. The molecule has 0 fully saturated rings. The van der Waals surface area contributed by atoms with Gasteiger partial charge in [-0.05, 0) is 56.1 Å². The van der Waals surface area contributed by atoms with Crippen LogP contribution in [0.15, 0.2) is 18.2 Å². The Morgan fingerprint density at radius 2 is 2.13 bits per heavy atom. The maximum absolute atomic E-state index is 5.18. The molecule has 84 valence electrons. The molecule has 0 radical (unpaired) electrons. The topological polar surface area (TPSA) is 21.3 Å². The van der Waals surface area contributed by atoms with Crippen molar-refractivity contribution in [2.75, 3.05) is 20.2 Å². The van der Waals surface area contributed by atoms with Crippen LogP contribution in [0.25, 0.3) is 0 Å². The highest BCUT2D eigenvalue weighted by atomic mass is 16.5. The molecule has 0 aromatic heterocycles. The fourth-order valence-corrected chi connectivity index (χ4v) is 1.66. The zero-order valence-electron chi connectivity index (χ0n) is 9.97. The van der Waals surface area contributed by atoms with Crippen LogP contribution in [0.4, 0.5) is 0 Å². The molecule has 0 bridgehead atoms. The van der Waals surface area contributed by atoms with Gasteiger partial charge in [-0.1, -0.05) is 13.0 Å². The highest BCUT2D eigenvalue weighted by Gasteiger charge is 1.99. The van der Waals surface area contributed by atoms with E-state index in [1.54, 1.807) is 7.11 Å². The first-order valence-corrected chi connectivity index (χ1v) is 5.62. The molecule has 0 saturated carbocycles. The zero-order valence-corrected chi connectivity index (χ0v) is 9.97. The van der Waals surface area contributed by atoms with E-state index in [0.29, 0.717) is 0 Å². The SMILES string of the molecule is CCNCCCc1ccc(OC)cc1C. The van der Waals surface area contributed by atoms with E-state index >= 15 is 0 Å². The van der Waals surface area contributed by atoms with Crippen LogP contribution in [0.3, 0.4) is 0 Å². The fourth-order valence-electron chi connectivity index (χ4n) is 1.66. The van der Waals surface area contributed by atoms with E-state index in [1.165, 1.54) is 17.5 Å². The summed E-state index contributed by atoms with van der Waals surface area (Å²) in [4.78, 5) is 0. The average molecular weight is 207 g/mol.